The Morgan fingerprint density at radius 3 is 2.84 bits per heavy atom. The van der Waals surface area contributed by atoms with E-state index in [4.69, 9.17) is 10.6 Å². The number of hydrogen-bond acceptors (Lipinski definition) is 6. The quantitative estimate of drug-likeness (QED) is 0.287. The van der Waals surface area contributed by atoms with E-state index >= 15 is 0 Å². The zero-order valence-electron chi connectivity index (χ0n) is 17.0. The number of anilines is 1. The van der Waals surface area contributed by atoms with E-state index in [-0.39, 0.29) is 24.0 Å². The molecule has 0 fully saturated rings. The first-order chi connectivity index (χ1) is 15.0. The molecule has 0 saturated carbocycles. The van der Waals surface area contributed by atoms with Gasteiger partial charge in [-0.1, -0.05) is 23.9 Å². The van der Waals surface area contributed by atoms with E-state index < -0.39 is 11.8 Å². The molecule has 3 aromatic rings. The summed E-state index contributed by atoms with van der Waals surface area (Å²) in [5, 5.41) is 4.28. The summed E-state index contributed by atoms with van der Waals surface area (Å²) in [6.45, 7) is 5.72. The minimum Gasteiger partial charge on any atom is -0.391 e. The van der Waals surface area contributed by atoms with E-state index in [0.29, 0.717) is 29.8 Å². The van der Waals surface area contributed by atoms with E-state index in [0.717, 1.165) is 16.8 Å². The van der Waals surface area contributed by atoms with Crippen molar-refractivity contribution in [3.8, 4) is 11.1 Å². The molecule has 6 nitrogen and oxygen atoms in total. The Hall–Kier alpha value is -3.68. The first kappa shape index (κ1) is 20.6. The standard InChI is InChI=1S/C23H21F2N5O/c1-3-9-31-30-20-11-14(10-19-21(20)13(2)28-23(26)29-19)16-7-6-15(24)12-18(16)17-5-4-8-27-22(17)25/h3-8,12,14H,1,9-11H2,2H3,(H2,26,28,29)/b30-20+. The highest BCUT2D eigenvalue weighted by Crippen LogP contribution is 2.39. The first-order valence-corrected chi connectivity index (χ1v) is 9.81. The van der Waals surface area contributed by atoms with Gasteiger partial charge < -0.3 is 10.6 Å². The van der Waals surface area contributed by atoms with Crippen LogP contribution in [0, 0.1) is 18.7 Å². The molecule has 4 rings (SSSR count). The molecule has 2 heterocycles. The summed E-state index contributed by atoms with van der Waals surface area (Å²) in [5.74, 6) is -1.09. The van der Waals surface area contributed by atoms with Crippen LogP contribution in [0.3, 0.4) is 0 Å². The minimum atomic E-state index is -0.656. The van der Waals surface area contributed by atoms with Gasteiger partial charge in [-0.05, 0) is 54.7 Å². The molecule has 158 valence electrons. The number of hydrogen-bond donors (Lipinski definition) is 1. The van der Waals surface area contributed by atoms with Crippen LogP contribution in [0.25, 0.3) is 11.1 Å². The van der Waals surface area contributed by atoms with Gasteiger partial charge in [0.2, 0.25) is 11.9 Å². The van der Waals surface area contributed by atoms with E-state index in [1.54, 1.807) is 24.3 Å². The number of nitrogen functional groups attached to an aromatic ring is 1. The number of benzene rings is 1. The fourth-order valence-corrected chi connectivity index (χ4v) is 4.00. The van der Waals surface area contributed by atoms with Gasteiger partial charge in [0.05, 0.1) is 17.1 Å². The molecule has 1 aliphatic carbocycles. The third-order valence-corrected chi connectivity index (χ3v) is 5.22. The van der Waals surface area contributed by atoms with Gasteiger partial charge in [-0.15, -0.1) is 0 Å². The third kappa shape index (κ3) is 4.14. The second-order valence-electron chi connectivity index (χ2n) is 7.29. The van der Waals surface area contributed by atoms with Crippen LogP contribution in [0.1, 0.15) is 34.9 Å². The molecule has 0 radical (unpaired) electrons. The van der Waals surface area contributed by atoms with Crippen molar-refractivity contribution in [1.82, 2.24) is 15.0 Å². The minimum absolute atomic E-state index is 0.150. The van der Waals surface area contributed by atoms with Crippen molar-refractivity contribution in [1.29, 1.82) is 0 Å². The summed E-state index contributed by atoms with van der Waals surface area (Å²) >= 11 is 0. The lowest BCUT2D eigenvalue weighted by Gasteiger charge is -2.28. The van der Waals surface area contributed by atoms with Crippen molar-refractivity contribution in [3.63, 3.8) is 0 Å². The summed E-state index contributed by atoms with van der Waals surface area (Å²) in [7, 11) is 0. The van der Waals surface area contributed by atoms with Crippen molar-refractivity contribution >= 4 is 11.7 Å². The molecule has 1 unspecified atom stereocenters. The topological polar surface area (TPSA) is 86.3 Å². The van der Waals surface area contributed by atoms with Crippen molar-refractivity contribution in [2.75, 3.05) is 12.3 Å². The smallest absolute Gasteiger partial charge is 0.220 e. The number of nitrogens with two attached hydrogens (primary N) is 1. The predicted molar refractivity (Wildman–Crippen MR) is 115 cm³/mol. The van der Waals surface area contributed by atoms with Crippen LogP contribution in [-0.2, 0) is 11.3 Å². The lowest BCUT2D eigenvalue weighted by molar-refractivity contribution is 0.174. The molecule has 2 aromatic heterocycles. The number of aryl methyl sites for hydroxylation is 1. The van der Waals surface area contributed by atoms with E-state index in [9.17, 15) is 8.78 Å². The lowest BCUT2D eigenvalue weighted by Crippen LogP contribution is -2.24. The maximum Gasteiger partial charge on any atom is 0.220 e. The van der Waals surface area contributed by atoms with Gasteiger partial charge in [0.15, 0.2) is 0 Å². The summed E-state index contributed by atoms with van der Waals surface area (Å²) in [4.78, 5) is 17.7. The molecule has 8 heteroatoms. The maximum absolute atomic E-state index is 14.5. The lowest BCUT2D eigenvalue weighted by atomic mass is 9.78. The zero-order valence-corrected chi connectivity index (χ0v) is 17.0. The Morgan fingerprint density at radius 1 is 1.23 bits per heavy atom. The predicted octanol–water partition coefficient (Wildman–Crippen LogP) is 4.34. The van der Waals surface area contributed by atoms with Crippen LogP contribution in [0.4, 0.5) is 14.7 Å². The first-order valence-electron chi connectivity index (χ1n) is 9.81. The highest BCUT2D eigenvalue weighted by atomic mass is 19.1. The third-order valence-electron chi connectivity index (χ3n) is 5.22. The molecule has 31 heavy (non-hydrogen) atoms. The maximum atomic E-state index is 14.5. The second kappa shape index (κ2) is 8.59. The number of aromatic nitrogens is 3. The van der Waals surface area contributed by atoms with Crippen LogP contribution >= 0.6 is 0 Å². The van der Waals surface area contributed by atoms with Crippen LogP contribution in [0.2, 0.25) is 0 Å². The van der Waals surface area contributed by atoms with Gasteiger partial charge >= 0.3 is 0 Å². The molecule has 0 amide bonds. The number of pyridine rings is 1. The molecule has 0 aliphatic heterocycles. The molecule has 1 aliphatic rings. The van der Waals surface area contributed by atoms with E-state index in [2.05, 4.69) is 26.7 Å². The van der Waals surface area contributed by atoms with E-state index in [1.165, 1.54) is 18.3 Å². The Balaban J connectivity index is 1.83. The number of halogens is 2. The van der Waals surface area contributed by atoms with Gasteiger partial charge in [-0.25, -0.2) is 19.3 Å². The molecular formula is C23H21F2N5O. The van der Waals surface area contributed by atoms with Crippen molar-refractivity contribution in [2.45, 2.75) is 25.7 Å². The highest BCUT2D eigenvalue weighted by Gasteiger charge is 2.31. The van der Waals surface area contributed by atoms with Crippen LogP contribution in [0.15, 0.2) is 54.3 Å². The van der Waals surface area contributed by atoms with Crippen molar-refractivity contribution in [3.05, 3.63) is 83.5 Å². The summed E-state index contributed by atoms with van der Waals surface area (Å²) in [5.41, 5.74) is 10.2. The average molecular weight is 421 g/mol. The molecule has 0 saturated heterocycles. The fourth-order valence-electron chi connectivity index (χ4n) is 4.00. The summed E-state index contributed by atoms with van der Waals surface area (Å²) in [6, 6.07) is 7.58. The normalized spacial score (nSPS) is 16.7. The summed E-state index contributed by atoms with van der Waals surface area (Å²) < 4.78 is 28.6. The van der Waals surface area contributed by atoms with Gasteiger partial charge in [0, 0.05) is 23.7 Å². The monoisotopic (exact) mass is 421 g/mol. The zero-order chi connectivity index (χ0) is 22.0. The molecule has 0 spiro atoms. The molecule has 1 atom stereocenters. The largest absolute Gasteiger partial charge is 0.391 e. The molecule has 0 bridgehead atoms. The van der Waals surface area contributed by atoms with Crippen LogP contribution in [0.5, 0.6) is 0 Å². The van der Waals surface area contributed by atoms with Crippen molar-refractivity contribution in [2.24, 2.45) is 5.16 Å². The highest BCUT2D eigenvalue weighted by molar-refractivity contribution is 6.03. The number of oxime groups is 1. The number of rotatable bonds is 5. The molecular weight excluding hydrogens is 400 g/mol. The number of nitrogens with zero attached hydrogens (tertiary/aromatic N) is 4. The number of fused-ring (bicyclic) bond motifs is 1. The van der Waals surface area contributed by atoms with Crippen LogP contribution < -0.4 is 5.73 Å². The van der Waals surface area contributed by atoms with Crippen molar-refractivity contribution < 1.29 is 13.6 Å². The Kier molecular flexibility index (Phi) is 5.70. The Bertz CT molecular complexity index is 1180. The fraction of sp³-hybridized carbons (Fsp3) is 0.217. The van der Waals surface area contributed by atoms with Gasteiger partial charge in [-0.3, -0.25) is 0 Å². The SMILES string of the molecule is C=CCO/N=C1\CC(c2ccc(F)cc2-c2cccnc2F)Cc2nc(N)nc(C)c21. The van der Waals surface area contributed by atoms with Gasteiger partial charge in [0.1, 0.15) is 12.4 Å². The average Bonchev–Trinajstić information content (AvgIpc) is 2.73. The Morgan fingerprint density at radius 2 is 2.06 bits per heavy atom. The van der Waals surface area contributed by atoms with Gasteiger partial charge in [-0.2, -0.15) is 4.39 Å². The van der Waals surface area contributed by atoms with Crippen LogP contribution in [-0.4, -0.2) is 27.3 Å². The van der Waals surface area contributed by atoms with Gasteiger partial charge in [0.25, 0.3) is 0 Å². The molecule has 2 N–H and O–H groups in total. The second-order valence-corrected chi connectivity index (χ2v) is 7.29. The van der Waals surface area contributed by atoms with E-state index in [1.807, 2.05) is 6.92 Å². The summed E-state index contributed by atoms with van der Waals surface area (Å²) in [6.07, 6.45) is 3.96. The molecule has 1 aromatic carbocycles. The Labute approximate surface area is 178 Å².